The Balaban J connectivity index is 1.86. The van der Waals surface area contributed by atoms with E-state index in [4.69, 9.17) is 9.47 Å². The summed E-state index contributed by atoms with van der Waals surface area (Å²) in [4.78, 5) is 37.4. The van der Waals surface area contributed by atoms with Gasteiger partial charge in [-0.15, -0.1) is 11.3 Å². The summed E-state index contributed by atoms with van der Waals surface area (Å²) in [6.45, 7) is 3.39. The van der Waals surface area contributed by atoms with Gasteiger partial charge in [0, 0.05) is 11.8 Å². The quantitative estimate of drug-likeness (QED) is 0.695. The van der Waals surface area contributed by atoms with Crippen molar-refractivity contribution in [3.05, 3.63) is 41.7 Å². The maximum Gasteiger partial charge on any atom is 0.340 e. The van der Waals surface area contributed by atoms with Crippen LogP contribution in [-0.4, -0.2) is 31.1 Å². The van der Waals surface area contributed by atoms with Gasteiger partial charge >= 0.3 is 11.9 Å². The predicted octanol–water partition coefficient (Wildman–Crippen LogP) is 4.65. The van der Waals surface area contributed by atoms with Gasteiger partial charge in [-0.2, -0.15) is 0 Å². The number of nitrogens with one attached hydrogen (secondary N) is 1. The number of rotatable bonds is 5. The molecule has 8 heteroatoms. The van der Waals surface area contributed by atoms with Crippen LogP contribution in [0.15, 0.2) is 30.3 Å². The lowest BCUT2D eigenvalue weighted by Crippen LogP contribution is -2.40. The molecule has 1 aliphatic rings. The van der Waals surface area contributed by atoms with Crippen molar-refractivity contribution in [3.63, 3.8) is 0 Å². The molecule has 1 aromatic heterocycles. The molecular weight excluding hydrogens is 409 g/mol. The second-order valence-electron chi connectivity index (χ2n) is 7.51. The third-order valence-electron chi connectivity index (χ3n) is 5.21. The maximum atomic E-state index is 13.2. The molecule has 0 bridgehead atoms. The van der Waals surface area contributed by atoms with Gasteiger partial charge in [0.2, 0.25) is 5.91 Å². The smallest absolute Gasteiger partial charge is 0.340 e. The van der Waals surface area contributed by atoms with Crippen LogP contribution in [0.25, 0.3) is 10.4 Å². The standard InChI is InChI=1S/C22H24FNO5S/c1-12-4-9-16(18(10-12)29-13(2)25)20(26)24-21-17(22(27)28-3)11-19(30-21)14-5-7-15(23)8-6-14/h5-8,11-12,16,18H,4,9-10H2,1-3H3,(H,24,26)/t12?,16-,18+/m1/s1. The Bertz CT molecular complexity index is 940. The first-order chi connectivity index (χ1) is 14.3. The summed E-state index contributed by atoms with van der Waals surface area (Å²) >= 11 is 1.21. The van der Waals surface area contributed by atoms with Crippen LogP contribution in [0.3, 0.4) is 0 Å². The highest BCUT2D eigenvalue weighted by molar-refractivity contribution is 7.20. The molecular formula is C22H24FNO5S. The van der Waals surface area contributed by atoms with E-state index in [1.54, 1.807) is 18.2 Å². The first-order valence-corrected chi connectivity index (χ1v) is 10.6. The fourth-order valence-electron chi connectivity index (χ4n) is 3.68. The molecule has 6 nitrogen and oxygen atoms in total. The summed E-state index contributed by atoms with van der Waals surface area (Å²) in [7, 11) is 1.27. The molecule has 0 aliphatic heterocycles. The lowest BCUT2D eigenvalue weighted by atomic mass is 9.80. The molecule has 0 spiro atoms. The summed E-state index contributed by atoms with van der Waals surface area (Å²) < 4.78 is 23.5. The number of methoxy groups -OCH3 is 1. The number of halogens is 1. The molecule has 30 heavy (non-hydrogen) atoms. The topological polar surface area (TPSA) is 81.7 Å². The van der Waals surface area contributed by atoms with Gasteiger partial charge in [-0.05, 0) is 48.9 Å². The molecule has 1 unspecified atom stereocenters. The van der Waals surface area contributed by atoms with Gasteiger partial charge < -0.3 is 14.8 Å². The van der Waals surface area contributed by atoms with Crippen LogP contribution in [0, 0.1) is 17.7 Å². The second kappa shape index (κ2) is 9.38. The molecule has 1 N–H and O–H groups in total. The Morgan fingerprint density at radius 2 is 1.87 bits per heavy atom. The van der Waals surface area contributed by atoms with Crippen molar-refractivity contribution in [1.29, 1.82) is 0 Å². The Morgan fingerprint density at radius 3 is 2.50 bits per heavy atom. The predicted molar refractivity (Wildman–Crippen MR) is 112 cm³/mol. The number of hydrogen-bond acceptors (Lipinski definition) is 6. The number of carbonyl (C=O) groups is 3. The highest BCUT2D eigenvalue weighted by Crippen LogP contribution is 2.38. The molecule has 1 fully saturated rings. The third-order valence-corrected chi connectivity index (χ3v) is 6.31. The number of hydrogen-bond donors (Lipinski definition) is 1. The van der Waals surface area contributed by atoms with Crippen LogP contribution in [0.4, 0.5) is 9.39 Å². The average molecular weight is 434 g/mol. The molecule has 0 radical (unpaired) electrons. The number of thiophene rings is 1. The summed E-state index contributed by atoms with van der Waals surface area (Å²) in [6, 6.07) is 7.49. The average Bonchev–Trinajstić information content (AvgIpc) is 3.11. The third kappa shape index (κ3) is 5.05. The Labute approximate surface area is 178 Å². The van der Waals surface area contributed by atoms with Crippen LogP contribution in [0.1, 0.15) is 43.5 Å². The molecule has 3 atom stereocenters. The number of amides is 1. The molecule has 160 valence electrons. The zero-order valence-electron chi connectivity index (χ0n) is 17.1. The van der Waals surface area contributed by atoms with Crippen molar-refractivity contribution in [1.82, 2.24) is 0 Å². The molecule has 1 aromatic carbocycles. The highest BCUT2D eigenvalue weighted by atomic mass is 32.1. The Morgan fingerprint density at radius 1 is 1.17 bits per heavy atom. The minimum atomic E-state index is -0.580. The zero-order chi connectivity index (χ0) is 21.8. The summed E-state index contributed by atoms with van der Waals surface area (Å²) in [5.41, 5.74) is 0.944. The zero-order valence-corrected chi connectivity index (χ0v) is 17.9. The van der Waals surface area contributed by atoms with E-state index in [1.165, 1.54) is 37.5 Å². The maximum absolute atomic E-state index is 13.2. The van der Waals surface area contributed by atoms with Gasteiger partial charge in [0.25, 0.3) is 0 Å². The lowest BCUT2D eigenvalue weighted by Gasteiger charge is -2.33. The van der Waals surface area contributed by atoms with Crippen molar-refractivity contribution in [2.45, 2.75) is 39.2 Å². The first-order valence-electron chi connectivity index (χ1n) is 9.74. The largest absolute Gasteiger partial charge is 0.465 e. The number of ether oxygens (including phenoxy) is 2. The minimum absolute atomic E-state index is 0.225. The van der Waals surface area contributed by atoms with Crippen LogP contribution < -0.4 is 5.32 Å². The van der Waals surface area contributed by atoms with Gasteiger partial charge in [-0.3, -0.25) is 9.59 Å². The van der Waals surface area contributed by atoms with Crippen molar-refractivity contribution >= 4 is 34.2 Å². The molecule has 1 aliphatic carbocycles. The Hall–Kier alpha value is -2.74. The van der Waals surface area contributed by atoms with E-state index < -0.39 is 24.0 Å². The fraction of sp³-hybridized carbons (Fsp3) is 0.409. The van der Waals surface area contributed by atoms with E-state index in [1.807, 2.05) is 0 Å². The van der Waals surface area contributed by atoms with Crippen LogP contribution >= 0.6 is 11.3 Å². The normalized spacial score (nSPS) is 21.0. The summed E-state index contributed by atoms with van der Waals surface area (Å²) in [6.07, 6.45) is 1.57. The molecule has 1 amide bonds. The molecule has 1 saturated carbocycles. The van der Waals surface area contributed by atoms with E-state index in [0.717, 1.165) is 12.0 Å². The van der Waals surface area contributed by atoms with Gasteiger partial charge in [0.1, 0.15) is 16.9 Å². The Kier molecular flexibility index (Phi) is 6.87. The van der Waals surface area contributed by atoms with E-state index in [-0.39, 0.29) is 17.3 Å². The minimum Gasteiger partial charge on any atom is -0.465 e. The molecule has 0 saturated heterocycles. The lowest BCUT2D eigenvalue weighted by molar-refractivity contribution is -0.153. The van der Waals surface area contributed by atoms with Gasteiger partial charge in [-0.1, -0.05) is 19.1 Å². The monoisotopic (exact) mass is 433 g/mol. The number of benzene rings is 1. The van der Waals surface area contributed by atoms with Crippen molar-refractivity contribution in [2.75, 3.05) is 12.4 Å². The fourth-order valence-corrected chi connectivity index (χ4v) is 4.73. The van der Waals surface area contributed by atoms with E-state index in [2.05, 4.69) is 12.2 Å². The van der Waals surface area contributed by atoms with Crippen LogP contribution in [-0.2, 0) is 19.1 Å². The van der Waals surface area contributed by atoms with Gasteiger partial charge in [0.05, 0.1) is 18.6 Å². The molecule has 3 rings (SSSR count). The van der Waals surface area contributed by atoms with E-state index in [0.29, 0.717) is 28.6 Å². The summed E-state index contributed by atoms with van der Waals surface area (Å²) in [5.74, 6) is -1.80. The van der Waals surface area contributed by atoms with Crippen molar-refractivity contribution < 1.29 is 28.2 Å². The number of esters is 2. The van der Waals surface area contributed by atoms with E-state index >= 15 is 0 Å². The molecule has 2 aromatic rings. The van der Waals surface area contributed by atoms with E-state index in [9.17, 15) is 18.8 Å². The molecule has 1 heterocycles. The highest BCUT2D eigenvalue weighted by Gasteiger charge is 2.36. The van der Waals surface area contributed by atoms with Gasteiger partial charge in [-0.25, -0.2) is 9.18 Å². The number of carbonyl (C=O) groups excluding carboxylic acids is 3. The van der Waals surface area contributed by atoms with Crippen molar-refractivity contribution in [3.8, 4) is 10.4 Å². The SMILES string of the molecule is COC(=O)c1cc(-c2ccc(F)cc2)sc1NC(=O)[C@@H]1CCC(C)C[C@@H]1OC(C)=O. The summed E-state index contributed by atoms with van der Waals surface area (Å²) in [5, 5.41) is 3.18. The second-order valence-corrected chi connectivity index (χ2v) is 8.57. The van der Waals surface area contributed by atoms with Crippen LogP contribution in [0.5, 0.6) is 0 Å². The van der Waals surface area contributed by atoms with Gasteiger partial charge in [0.15, 0.2) is 0 Å². The van der Waals surface area contributed by atoms with Crippen LogP contribution in [0.2, 0.25) is 0 Å². The van der Waals surface area contributed by atoms with Crippen molar-refractivity contribution in [2.24, 2.45) is 11.8 Å². The first kappa shape index (κ1) is 22.0. The number of anilines is 1.